The molecule has 0 saturated heterocycles. The zero-order valence-electron chi connectivity index (χ0n) is 14.5. The van der Waals surface area contributed by atoms with Crippen LogP contribution in [0, 0.1) is 0 Å². The van der Waals surface area contributed by atoms with E-state index >= 15 is 0 Å². The number of nitrogen functional groups attached to an aromatic ring is 1. The minimum Gasteiger partial charge on any atom is -0.475 e. The molecule has 4 rings (SSSR count). The minimum atomic E-state index is -1.26. The lowest BCUT2D eigenvalue weighted by atomic mass is 9.98. The summed E-state index contributed by atoms with van der Waals surface area (Å²) < 4.78 is 6.62. The van der Waals surface area contributed by atoms with Crippen molar-refractivity contribution in [2.45, 2.75) is 5.92 Å². The molecule has 0 atom stereocenters. The molecule has 136 valence electrons. The summed E-state index contributed by atoms with van der Waals surface area (Å²) in [5.74, 6) is -2.44. The van der Waals surface area contributed by atoms with E-state index in [2.05, 4.69) is 4.98 Å². The van der Waals surface area contributed by atoms with E-state index in [4.69, 9.17) is 15.6 Å². The molecule has 1 heterocycles. The van der Waals surface area contributed by atoms with Crippen LogP contribution in [0.3, 0.4) is 0 Å². The average molecular weight is 363 g/mol. The van der Waals surface area contributed by atoms with Crippen molar-refractivity contribution in [3.63, 3.8) is 0 Å². The van der Waals surface area contributed by atoms with Gasteiger partial charge in [-0.25, -0.2) is 14.6 Å². The van der Waals surface area contributed by atoms with Gasteiger partial charge in [0, 0.05) is 13.0 Å². The number of carboxylic acid groups (broad SMARTS) is 1. The molecule has 3 N–H and O–H groups in total. The highest BCUT2D eigenvalue weighted by Crippen LogP contribution is 2.44. The third kappa shape index (κ3) is 2.64. The number of anilines is 1. The second kappa shape index (κ2) is 6.28. The molecule has 1 aliphatic rings. The molecule has 0 unspecified atom stereocenters. The molecule has 3 aromatic rings. The first kappa shape index (κ1) is 16.8. The van der Waals surface area contributed by atoms with Gasteiger partial charge in [0.15, 0.2) is 5.69 Å². The van der Waals surface area contributed by atoms with Crippen LogP contribution in [-0.2, 0) is 11.8 Å². The smallest absolute Gasteiger partial charge is 0.372 e. The lowest BCUT2D eigenvalue weighted by molar-refractivity contribution is 0.0488. The Morgan fingerprint density at radius 3 is 2.19 bits per heavy atom. The number of aromatic nitrogens is 2. The quantitative estimate of drug-likeness (QED) is 0.690. The molecule has 0 spiro atoms. The van der Waals surface area contributed by atoms with Crippen LogP contribution >= 0.6 is 0 Å². The molecule has 0 bridgehead atoms. The number of benzene rings is 2. The topological polar surface area (TPSA) is 107 Å². The van der Waals surface area contributed by atoms with Gasteiger partial charge in [-0.15, -0.1) is 0 Å². The van der Waals surface area contributed by atoms with Crippen LogP contribution in [-0.4, -0.2) is 33.2 Å². The van der Waals surface area contributed by atoms with Crippen molar-refractivity contribution in [3.05, 3.63) is 71.2 Å². The summed E-state index contributed by atoms with van der Waals surface area (Å²) in [5, 5.41) is 9.12. The zero-order valence-corrected chi connectivity index (χ0v) is 14.5. The first-order valence-electron chi connectivity index (χ1n) is 8.40. The van der Waals surface area contributed by atoms with Crippen LogP contribution < -0.4 is 5.73 Å². The summed E-state index contributed by atoms with van der Waals surface area (Å²) >= 11 is 0. The maximum atomic E-state index is 12.5. The number of esters is 1. The summed E-state index contributed by atoms with van der Waals surface area (Å²) in [6.45, 7) is 0.116. The maximum absolute atomic E-state index is 12.5. The second-order valence-corrected chi connectivity index (χ2v) is 6.36. The number of hydrogen-bond donors (Lipinski definition) is 2. The van der Waals surface area contributed by atoms with Crippen LogP contribution in [0.4, 0.5) is 5.82 Å². The van der Waals surface area contributed by atoms with Gasteiger partial charge in [0.2, 0.25) is 5.82 Å². The Balaban J connectivity index is 1.60. The van der Waals surface area contributed by atoms with E-state index in [1.54, 1.807) is 0 Å². The first-order chi connectivity index (χ1) is 13.0. The Morgan fingerprint density at radius 1 is 1.11 bits per heavy atom. The number of carbonyl (C=O) groups excluding carboxylic acids is 1. The predicted octanol–water partition coefficient (Wildman–Crippen LogP) is 2.67. The van der Waals surface area contributed by atoms with Crippen LogP contribution in [0.5, 0.6) is 0 Å². The van der Waals surface area contributed by atoms with Crippen molar-refractivity contribution in [1.29, 1.82) is 0 Å². The number of nitrogens with two attached hydrogens (primary N) is 1. The summed E-state index contributed by atoms with van der Waals surface area (Å²) in [7, 11) is 1.44. The molecule has 0 aliphatic heterocycles. The fraction of sp³-hybridized carbons (Fsp3) is 0.150. The molecule has 0 fully saturated rings. The van der Waals surface area contributed by atoms with E-state index in [0.717, 1.165) is 26.8 Å². The van der Waals surface area contributed by atoms with Gasteiger partial charge in [0.05, 0.1) is 0 Å². The summed E-state index contributed by atoms with van der Waals surface area (Å²) in [4.78, 5) is 27.4. The van der Waals surface area contributed by atoms with Crippen molar-refractivity contribution in [2.24, 2.45) is 7.05 Å². The summed E-state index contributed by atoms with van der Waals surface area (Å²) in [6.07, 6.45) is 0. The highest BCUT2D eigenvalue weighted by atomic mass is 16.5. The predicted molar refractivity (Wildman–Crippen MR) is 98.6 cm³/mol. The second-order valence-electron chi connectivity index (χ2n) is 6.36. The number of carboxylic acids is 1. The zero-order chi connectivity index (χ0) is 19.1. The molecular formula is C20H17N3O4. The normalized spacial score (nSPS) is 12.5. The van der Waals surface area contributed by atoms with E-state index in [0.29, 0.717) is 0 Å². The number of fused-ring (bicyclic) bond motifs is 3. The molecule has 7 heteroatoms. The minimum absolute atomic E-state index is 0.0374. The largest absolute Gasteiger partial charge is 0.475 e. The lowest BCUT2D eigenvalue weighted by Crippen LogP contribution is -2.14. The third-order valence-electron chi connectivity index (χ3n) is 4.87. The number of rotatable bonds is 4. The summed E-state index contributed by atoms with van der Waals surface area (Å²) in [6, 6.07) is 16.0. The molecule has 0 radical (unpaired) electrons. The highest BCUT2D eigenvalue weighted by molar-refractivity contribution is 5.95. The molecular weight excluding hydrogens is 346 g/mol. The molecule has 1 aromatic heterocycles. The Morgan fingerprint density at radius 2 is 1.67 bits per heavy atom. The fourth-order valence-corrected chi connectivity index (χ4v) is 3.52. The number of carbonyl (C=O) groups is 2. The third-order valence-corrected chi connectivity index (χ3v) is 4.87. The van der Waals surface area contributed by atoms with Gasteiger partial charge in [0.25, 0.3) is 0 Å². The van der Waals surface area contributed by atoms with Gasteiger partial charge in [0.1, 0.15) is 12.4 Å². The van der Waals surface area contributed by atoms with Crippen LogP contribution in [0.1, 0.15) is 38.2 Å². The molecule has 2 aromatic carbocycles. The van der Waals surface area contributed by atoms with Crippen molar-refractivity contribution >= 4 is 17.8 Å². The molecule has 0 saturated carbocycles. The number of imidazole rings is 1. The van der Waals surface area contributed by atoms with Gasteiger partial charge in [-0.1, -0.05) is 48.5 Å². The average Bonchev–Trinajstić information content (AvgIpc) is 3.15. The van der Waals surface area contributed by atoms with Gasteiger partial charge in [-0.2, -0.15) is 0 Å². The van der Waals surface area contributed by atoms with E-state index < -0.39 is 11.9 Å². The Kier molecular flexibility index (Phi) is 3.92. The van der Waals surface area contributed by atoms with Crippen LogP contribution in [0.15, 0.2) is 48.5 Å². The first-order valence-corrected chi connectivity index (χ1v) is 8.40. The molecule has 27 heavy (non-hydrogen) atoms. The van der Waals surface area contributed by atoms with E-state index in [1.165, 1.54) is 7.05 Å². The van der Waals surface area contributed by atoms with Gasteiger partial charge in [-0.3, -0.25) is 0 Å². The number of nitrogens with zero attached hydrogens (tertiary/aromatic N) is 2. The molecule has 7 nitrogen and oxygen atoms in total. The lowest BCUT2D eigenvalue weighted by Gasteiger charge is -2.13. The number of aromatic carboxylic acids is 1. The summed E-state index contributed by atoms with van der Waals surface area (Å²) in [5.41, 5.74) is 10.1. The van der Waals surface area contributed by atoms with E-state index in [9.17, 15) is 9.59 Å². The van der Waals surface area contributed by atoms with E-state index in [-0.39, 0.29) is 29.9 Å². The Hall–Kier alpha value is -3.61. The van der Waals surface area contributed by atoms with Crippen molar-refractivity contribution in [2.75, 3.05) is 12.3 Å². The van der Waals surface area contributed by atoms with Crippen LogP contribution in [0.25, 0.3) is 11.1 Å². The maximum Gasteiger partial charge on any atom is 0.372 e. The van der Waals surface area contributed by atoms with Gasteiger partial charge < -0.3 is 20.1 Å². The number of hydrogen-bond acceptors (Lipinski definition) is 5. The SMILES string of the molecule is Cn1c(C(=O)O)nc(C(=O)OCC2c3ccccc3-c3ccccc32)c1N. The van der Waals surface area contributed by atoms with Crippen LogP contribution in [0.2, 0.25) is 0 Å². The Bertz CT molecular complexity index is 1030. The highest BCUT2D eigenvalue weighted by Gasteiger charge is 2.30. The monoisotopic (exact) mass is 363 g/mol. The standard InChI is InChI=1S/C20H17N3O4/c1-23-17(21)16(22-18(23)19(24)25)20(26)27-10-15-13-8-4-2-6-11(13)12-7-3-5-9-14(12)15/h2-9,15H,10,21H2,1H3,(H,24,25). The van der Waals surface area contributed by atoms with Gasteiger partial charge >= 0.3 is 11.9 Å². The molecule has 0 amide bonds. The molecule has 1 aliphatic carbocycles. The van der Waals surface area contributed by atoms with Crippen molar-refractivity contribution in [1.82, 2.24) is 9.55 Å². The Labute approximate surface area is 155 Å². The fourth-order valence-electron chi connectivity index (χ4n) is 3.52. The van der Waals surface area contributed by atoms with Crippen molar-refractivity contribution in [3.8, 4) is 11.1 Å². The number of ether oxygens (including phenoxy) is 1. The van der Waals surface area contributed by atoms with Gasteiger partial charge in [-0.05, 0) is 22.3 Å². The van der Waals surface area contributed by atoms with Crippen molar-refractivity contribution < 1.29 is 19.4 Å². The van der Waals surface area contributed by atoms with E-state index in [1.807, 2.05) is 48.5 Å².